The third-order valence-electron chi connectivity index (χ3n) is 4.86. The fourth-order valence-corrected chi connectivity index (χ4v) is 3.74. The van der Waals surface area contributed by atoms with Crippen molar-refractivity contribution in [2.75, 3.05) is 18.4 Å². The number of hydrogen-bond donors (Lipinski definition) is 1. The number of hydrogen-bond acceptors (Lipinski definition) is 2. The molecule has 1 fully saturated rings. The summed E-state index contributed by atoms with van der Waals surface area (Å²) in [5.41, 5.74) is 4.65. The summed E-state index contributed by atoms with van der Waals surface area (Å²) in [5.74, 6) is 0.553. The fraction of sp³-hybridized carbons (Fsp3) is 0.182. The van der Waals surface area contributed by atoms with Crippen molar-refractivity contribution >= 4 is 23.0 Å². The molecule has 26 heavy (non-hydrogen) atoms. The van der Waals surface area contributed by atoms with Crippen LogP contribution >= 0.6 is 12.2 Å². The van der Waals surface area contributed by atoms with Gasteiger partial charge in [0.2, 0.25) is 0 Å². The lowest BCUT2D eigenvalue weighted by Crippen LogP contribution is -2.32. The van der Waals surface area contributed by atoms with Gasteiger partial charge < -0.3 is 10.2 Å². The molecule has 0 bridgehead atoms. The molecule has 4 rings (SSSR count). The van der Waals surface area contributed by atoms with Crippen LogP contribution in [0.15, 0.2) is 79.1 Å². The molecule has 1 aromatic heterocycles. The lowest BCUT2D eigenvalue weighted by Gasteiger charge is -2.21. The Kier molecular flexibility index (Phi) is 4.93. The van der Waals surface area contributed by atoms with Gasteiger partial charge in [-0.25, -0.2) is 0 Å². The SMILES string of the molecule is S=C(Nc1cccc(-c2cccnc2)c1)N1CC[C@@H](c2ccccc2)C1. The first-order valence-corrected chi connectivity index (χ1v) is 9.32. The fourth-order valence-electron chi connectivity index (χ4n) is 3.45. The van der Waals surface area contributed by atoms with Crippen LogP contribution in [0, 0.1) is 0 Å². The average Bonchev–Trinajstić information content (AvgIpc) is 3.20. The number of benzene rings is 2. The average molecular weight is 359 g/mol. The molecule has 1 aliphatic rings. The monoisotopic (exact) mass is 359 g/mol. The first-order chi connectivity index (χ1) is 12.8. The number of nitrogens with one attached hydrogen (secondary N) is 1. The van der Waals surface area contributed by atoms with Crippen molar-refractivity contribution < 1.29 is 0 Å². The molecule has 3 nitrogen and oxygen atoms in total. The normalized spacial score (nSPS) is 16.5. The second-order valence-electron chi connectivity index (χ2n) is 6.59. The molecule has 1 aliphatic heterocycles. The Balaban J connectivity index is 1.43. The van der Waals surface area contributed by atoms with Crippen molar-refractivity contribution in [1.82, 2.24) is 9.88 Å². The van der Waals surface area contributed by atoms with E-state index in [1.165, 1.54) is 5.56 Å². The number of anilines is 1. The minimum atomic E-state index is 0.553. The maximum Gasteiger partial charge on any atom is 0.173 e. The number of nitrogens with zero attached hydrogens (tertiary/aromatic N) is 2. The van der Waals surface area contributed by atoms with Gasteiger partial charge in [-0.3, -0.25) is 4.98 Å². The maximum absolute atomic E-state index is 5.66. The van der Waals surface area contributed by atoms with Crippen molar-refractivity contribution in [3.63, 3.8) is 0 Å². The van der Waals surface area contributed by atoms with E-state index in [1.54, 1.807) is 6.20 Å². The Morgan fingerprint density at radius 1 is 1.00 bits per heavy atom. The van der Waals surface area contributed by atoms with E-state index in [-0.39, 0.29) is 0 Å². The number of pyridine rings is 1. The van der Waals surface area contributed by atoms with E-state index < -0.39 is 0 Å². The standard InChI is InChI=1S/C22H21N3S/c26-22(25-13-11-20(16-25)17-6-2-1-3-7-17)24-21-10-4-8-18(14-21)19-9-5-12-23-15-19/h1-10,12,14-15,20H,11,13,16H2,(H,24,26)/t20-/m1/s1. The highest BCUT2D eigenvalue weighted by Gasteiger charge is 2.25. The van der Waals surface area contributed by atoms with E-state index in [0.717, 1.165) is 41.4 Å². The third-order valence-corrected chi connectivity index (χ3v) is 5.22. The van der Waals surface area contributed by atoms with Gasteiger partial charge in [0.15, 0.2) is 5.11 Å². The first-order valence-electron chi connectivity index (χ1n) is 8.91. The predicted molar refractivity (Wildman–Crippen MR) is 111 cm³/mol. The zero-order valence-electron chi connectivity index (χ0n) is 14.5. The molecule has 130 valence electrons. The number of thiocarbonyl (C=S) groups is 1. The summed E-state index contributed by atoms with van der Waals surface area (Å²) in [6, 6.07) is 23.0. The van der Waals surface area contributed by atoms with Crippen LogP contribution < -0.4 is 5.32 Å². The molecule has 1 saturated heterocycles. The van der Waals surface area contributed by atoms with Crippen LogP contribution in [0.2, 0.25) is 0 Å². The quantitative estimate of drug-likeness (QED) is 0.671. The number of likely N-dealkylation sites (tertiary alicyclic amines) is 1. The van der Waals surface area contributed by atoms with Crippen molar-refractivity contribution in [2.45, 2.75) is 12.3 Å². The van der Waals surface area contributed by atoms with Crippen LogP contribution in [0.25, 0.3) is 11.1 Å². The molecule has 0 amide bonds. The summed E-state index contributed by atoms with van der Waals surface area (Å²) >= 11 is 5.66. The summed E-state index contributed by atoms with van der Waals surface area (Å²) in [4.78, 5) is 6.46. The van der Waals surface area contributed by atoms with Crippen molar-refractivity contribution in [3.8, 4) is 11.1 Å². The molecule has 1 N–H and O–H groups in total. The van der Waals surface area contributed by atoms with Gasteiger partial charge in [0.25, 0.3) is 0 Å². The summed E-state index contributed by atoms with van der Waals surface area (Å²) in [5, 5.41) is 4.20. The Bertz CT molecular complexity index is 880. The van der Waals surface area contributed by atoms with Gasteiger partial charge in [-0.15, -0.1) is 0 Å². The summed E-state index contributed by atoms with van der Waals surface area (Å²) < 4.78 is 0. The zero-order valence-corrected chi connectivity index (χ0v) is 15.3. The molecule has 4 heteroatoms. The van der Waals surface area contributed by atoms with E-state index in [9.17, 15) is 0 Å². The molecule has 2 aromatic carbocycles. The van der Waals surface area contributed by atoms with Crippen molar-refractivity contribution in [2.24, 2.45) is 0 Å². The highest BCUT2D eigenvalue weighted by atomic mass is 32.1. The molecular formula is C22H21N3S. The van der Waals surface area contributed by atoms with E-state index in [2.05, 4.69) is 69.8 Å². The summed E-state index contributed by atoms with van der Waals surface area (Å²) in [7, 11) is 0. The molecule has 2 heterocycles. The van der Waals surface area contributed by atoms with Crippen molar-refractivity contribution in [1.29, 1.82) is 0 Å². The van der Waals surface area contributed by atoms with E-state index in [1.807, 2.05) is 18.3 Å². The highest BCUT2D eigenvalue weighted by Crippen LogP contribution is 2.28. The largest absolute Gasteiger partial charge is 0.348 e. The van der Waals surface area contributed by atoms with Gasteiger partial charge in [0, 0.05) is 42.7 Å². The molecule has 0 saturated carbocycles. The van der Waals surface area contributed by atoms with Gasteiger partial charge in [-0.2, -0.15) is 0 Å². The van der Waals surface area contributed by atoms with Gasteiger partial charge in [0.05, 0.1) is 0 Å². The molecule has 0 radical (unpaired) electrons. The molecule has 0 unspecified atom stereocenters. The topological polar surface area (TPSA) is 28.2 Å². The number of rotatable bonds is 3. The molecular weight excluding hydrogens is 338 g/mol. The van der Waals surface area contributed by atoms with E-state index >= 15 is 0 Å². The van der Waals surface area contributed by atoms with Crippen LogP contribution in [0.1, 0.15) is 17.9 Å². The van der Waals surface area contributed by atoms with Crippen LogP contribution in [-0.2, 0) is 0 Å². The summed E-state index contributed by atoms with van der Waals surface area (Å²) in [6.07, 6.45) is 4.81. The molecule has 0 aliphatic carbocycles. The van der Waals surface area contributed by atoms with E-state index in [4.69, 9.17) is 12.2 Å². The van der Waals surface area contributed by atoms with Gasteiger partial charge >= 0.3 is 0 Å². The Morgan fingerprint density at radius 3 is 2.65 bits per heavy atom. The highest BCUT2D eigenvalue weighted by molar-refractivity contribution is 7.80. The summed E-state index contributed by atoms with van der Waals surface area (Å²) in [6.45, 7) is 1.96. The Labute approximate surface area is 159 Å². The maximum atomic E-state index is 5.66. The van der Waals surface area contributed by atoms with E-state index in [0.29, 0.717) is 5.92 Å². The minimum Gasteiger partial charge on any atom is -0.348 e. The van der Waals surface area contributed by atoms with Crippen LogP contribution in [0.4, 0.5) is 5.69 Å². The van der Waals surface area contributed by atoms with Crippen molar-refractivity contribution in [3.05, 3.63) is 84.7 Å². The minimum absolute atomic E-state index is 0.553. The van der Waals surface area contributed by atoms with Crippen LogP contribution in [0.3, 0.4) is 0 Å². The second kappa shape index (κ2) is 7.67. The molecule has 1 atom stereocenters. The Hall–Kier alpha value is -2.72. The molecule has 3 aromatic rings. The van der Waals surface area contributed by atoms with Gasteiger partial charge in [-0.1, -0.05) is 48.5 Å². The first kappa shape index (κ1) is 16.7. The molecule has 0 spiro atoms. The zero-order chi connectivity index (χ0) is 17.8. The van der Waals surface area contributed by atoms with Gasteiger partial charge in [0.1, 0.15) is 0 Å². The number of aromatic nitrogens is 1. The van der Waals surface area contributed by atoms with Crippen LogP contribution in [-0.4, -0.2) is 28.1 Å². The second-order valence-corrected chi connectivity index (χ2v) is 6.98. The lowest BCUT2D eigenvalue weighted by molar-refractivity contribution is 0.518. The predicted octanol–water partition coefficient (Wildman–Crippen LogP) is 4.93. The third kappa shape index (κ3) is 3.75. The Morgan fingerprint density at radius 2 is 1.85 bits per heavy atom. The smallest absolute Gasteiger partial charge is 0.173 e. The van der Waals surface area contributed by atoms with Crippen LogP contribution in [0.5, 0.6) is 0 Å². The lowest BCUT2D eigenvalue weighted by atomic mass is 9.99. The van der Waals surface area contributed by atoms with Gasteiger partial charge in [-0.05, 0) is 48.0 Å².